The molecule has 0 radical (unpaired) electrons. The number of aliphatic hydroxyl groups is 1. The lowest BCUT2D eigenvalue weighted by atomic mass is 10.2. The summed E-state index contributed by atoms with van der Waals surface area (Å²) in [5.41, 5.74) is 1.15. The molecule has 18 heavy (non-hydrogen) atoms. The van der Waals surface area contributed by atoms with E-state index in [1.165, 1.54) is 0 Å². The molecule has 0 aliphatic carbocycles. The highest BCUT2D eigenvalue weighted by Crippen LogP contribution is 2.26. The molecule has 2 rings (SSSR count). The second-order valence-electron chi connectivity index (χ2n) is 4.10. The maximum atomic E-state index is 9.92. The number of ether oxygens (including phenoxy) is 1. The Morgan fingerprint density at radius 1 is 1.39 bits per heavy atom. The van der Waals surface area contributed by atoms with E-state index in [2.05, 4.69) is 15.9 Å². The first-order chi connectivity index (χ1) is 8.66. The van der Waals surface area contributed by atoms with Gasteiger partial charge in [-0.1, -0.05) is 12.1 Å². The molecule has 0 fully saturated rings. The van der Waals surface area contributed by atoms with Crippen molar-refractivity contribution in [2.75, 3.05) is 6.61 Å². The van der Waals surface area contributed by atoms with Crippen LogP contribution >= 0.6 is 15.9 Å². The number of hydrogen-bond donors (Lipinski definition) is 1. The molecule has 4 heteroatoms. The summed E-state index contributed by atoms with van der Waals surface area (Å²) in [5.74, 6) is 1.36. The largest absolute Gasteiger partial charge is 0.493 e. The van der Waals surface area contributed by atoms with Crippen molar-refractivity contribution < 1.29 is 14.3 Å². The Morgan fingerprint density at radius 2 is 2.22 bits per heavy atom. The highest BCUT2D eigenvalue weighted by Gasteiger charge is 2.14. The molecule has 0 saturated carbocycles. The molecule has 1 aromatic carbocycles. The smallest absolute Gasteiger partial charge is 0.146 e. The fourth-order valence-corrected chi connectivity index (χ4v) is 2.13. The zero-order chi connectivity index (χ0) is 13.0. The van der Waals surface area contributed by atoms with Crippen molar-refractivity contribution in [3.8, 4) is 5.75 Å². The Balaban J connectivity index is 1.84. The summed E-state index contributed by atoms with van der Waals surface area (Å²) in [7, 11) is 0. The Morgan fingerprint density at radius 3 is 2.89 bits per heavy atom. The van der Waals surface area contributed by atoms with Crippen molar-refractivity contribution in [3.05, 3.63) is 52.4 Å². The van der Waals surface area contributed by atoms with Crippen LogP contribution in [0.15, 0.2) is 45.5 Å². The van der Waals surface area contributed by atoms with E-state index in [1.54, 1.807) is 12.3 Å². The SMILES string of the molecule is Cc1cccc(OCCC(O)c2occc2Br)c1. The van der Waals surface area contributed by atoms with Gasteiger partial charge in [-0.2, -0.15) is 0 Å². The number of furan rings is 1. The summed E-state index contributed by atoms with van der Waals surface area (Å²) in [5, 5.41) is 9.92. The van der Waals surface area contributed by atoms with Crippen LogP contribution in [0.3, 0.4) is 0 Å². The molecule has 0 aliphatic rings. The summed E-state index contributed by atoms with van der Waals surface area (Å²) < 4.78 is 11.6. The molecule has 0 bridgehead atoms. The molecule has 1 heterocycles. The molecule has 96 valence electrons. The molecule has 0 saturated heterocycles. The van der Waals surface area contributed by atoms with Crippen LogP contribution in [0.25, 0.3) is 0 Å². The van der Waals surface area contributed by atoms with Gasteiger partial charge in [0.1, 0.15) is 17.6 Å². The standard InChI is InChI=1S/C14H15BrO3/c1-10-3-2-4-11(9-10)17-8-6-13(16)14-12(15)5-7-18-14/h2-5,7,9,13,16H,6,8H2,1H3. The topological polar surface area (TPSA) is 42.6 Å². The molecule has 1 N–H and O–H groups in total. The first-order valence-electron chi connectivity index (χ1n) is 5.77. The fraction of sp³-hybridized carbons (Fsp3) is 0.286. The van der Waals surface area contributed by atoms with Gasteiger partial charge < -0.3 is 14.3 Å². The van der Waals surface area contributed by atoms with Gasteiger partial charge in [-0.3, -0.25) is 0 Å². The van der Waals surface area contributed by atoms with Crippen molar-refractivity contribution in [2.24, 2.45) is 0 Å². The van der Waals surface area contributed by atoms with Crippen molar-refractivity contribution >= 4 is 15.9 Å². The normalized spacial score (nSPS) is 12.4. The molecule has 1 atom stereocenters. The van der Waals surface area contributed by atoms with Crippen LogP contribution in [0.2, 0.25) is 0 Å². The average molecular weight is 311 g/mol. The van der Waals surface area contributed by atoms with Gasteiger partial charge in [0.15, 0.2) is 0 Å². The summed E-state index contributed by atoms with van der Waals surface area (Å²) in [6.07, 6.45) is 1.38. The number of aryl methyl sites for hydroxylation is 1. The van der Waals surface area contributed by atoms with Crippen molar-refractivity contribution in [1.82, 2.24) is 0 Å². The number of benzene rings is 1. The van der Waals surface area contributed by atoms with E-state index in [0.29, 0.717) is 18.8 Å². The molecular weight excluding hydrogens is 296 g/mol. The number of aliphatic hydroxyl groups excluding tert-OH is 1. The number of halogens is 1. The van der Waals surface area contributed by atoms with Crippen LogP contribution in [0, 0.1) is 6.92 Å². The van der Waals surface area contributed by atoms with Gasteiger partial charge in [-0.15, -0.1) is 0 Å². The van der Waals surface area contributed by atoms with Crippen molar-refractivity contribution in [1.29, 1.82) is 0 Å². The van der Waals surface area contributed by atoms with Crippen LogP contribution in [-0.4, -0.2) is 11.7 Å². The number of rotatable bonds is 5. The van der Waals surface area contributed by atoms with E-state index in [0.717, 1.165) is 15.8 Å². The number of hydrogen-bond acceptors (Lipinski definition) is 3. The first kappa shape index (κ1) is 13.2. The molecule has 0 spiro atoms. The van der Waals surface area contributed by atoms with E-state index < -0.39 is 6.10 Å². The van der Waals surface area contributed by atoms with Crippen LogP contribution in [0.1, 0.15) is 23.8 Å². The fourth-order valence-electron chi connectivity index (χ4n) is 1.67. The molecule has 3 nitrogen and oxygen atoms in total. The minimum atomic E-state index is -0.654. The van der Waals surface area contributed by atoms with Gasteiger partial charge in [0.25, 0.3) is 0 Å². The maximum Gasteiger partial charge on any atom is 0.146 e. The lowest BCUT2D eigenvalue weighted by molar-refractivity contribution is 0.118. The first-order valence-corrected chi connectivity index (χ1v) is 6.56. The lowest BCUT2D eigenvalue weighted by Crippen LogP contribution is -2.05. The van der Waals surface area contributed by atoms with Crippen molar-refractivity contribution in [2.45, 2.75) is 19.4 Å². The van der Waals surface area contributed by atoms with E-state index in [1.807, 2.05) is 31.2 Å². The zero-order valence-electron chi connectivity index (χ0n) is 10.1. The Hall–Kier alpha value is -1.26. The Labute approximate surface area is 115 Å². The molecular formula is C14H15BrO3. The van der Waals surface area contributed by atoms with Gasteiger partial charge in [0.05, 0.1) is 17.3 Å². The zero-order valence-corrected chi connectivity index (χ0v) is 11.7. The quantitative estimate of drug-likeness (QED) is 0.912. The highest BCUT2D eigenvalue weighted by atomic mass is 79.9. The van der Waals surface area contributed by atoms with Gasteiger partial charge in [0, 0.05) is 6.42 Å². The van der Waals surface area contributed by atoms with E-state index in [4.69, 9.17) is 9.15 Å². The monoisotopic (exact) mass is 310 g/mol. The molecule has 0 amide bonds. The molecule has 0 aliphatic heterocycles. The predicted molar refractivity (Wildman–Crippen MR) is 72.7 cm³/mol. The minimum Gasteiger partial charge on any atom is -0.493 e. The van der Waals surface area contributed by atoms with E-state index >= 15 is 0 Å². The van der Waals surface area contributed by atoms with Crippen molar-refractivity contribution in [3.63, 3.8) is 0 Å². The van der Waals surface area contributed by atoms with Gasteiger partial charge in [-0.05, 0) is 46.6 Å². The second kappa shape index (κ2) is 6.07. The summed E-state index contributed by atoms with van der Waals surface area (Å²) >= 11 is 3.32. The van der Waals surface area contributed by atoms with Gasteiger partial charge in [0.2, 0.25) is 0 Å². The average Bonchev–Trinajstić information content (AvgIpc) is 2.75. The molecule has 1 unspecified atom stereocenters. The summed E-state index contributed by atoms with van der Waals surface area (Å²) in [4.78, 5) is 0. The summed E-state index contributed by atoms with van der Waals surface area (Å²) in [6.45, 7) is 2.46. The molecule has 1 aromatic heterocycles. The predicted octanol–water partition coefficient (Wildman–Crippen LogP) is 3.85. The third kappa shape index (κ3) is 3.37. The van der Waals surface area contributed by atoms with Crippen LogP contribution in [-0.2, 0) is 0 Å². The second-order valence-corrected chi connectivity index (χ2v) is 4.96. The van der Waals surface area contributed by atoms with Gasteiger partial charge >= 0.3 is 0 Å². The minimum absolute atomic E-state index is 0.442. The van der Waals surface area contributed by atoms with Crippen LogP contribution in [0.5, 0.6) is 5.75 Å². The van der Waals surface area contributed by atoms with Crippen LogP contribution in [0.4, 0.5) is 0 Å². The highest BCUT2D eigenvalue weighted by molar-refractivity contribution is 9.10. The third-order valence-corrected chi connectivity index (χ3v) is 3.25. The maximum absolute atomic E-state index is 9.92. The summed E-state index contributed by atoms with van der Waals surface area (Å²) in [6, 6.07) is 9.60. The Bertz CT molecular complexity index is 507. The van der Waals surface area contributed by atoms with Crippen LogP contribution < -0.4 is 4.74 Å². The Kier molecular flexibility index (Phi) is 4.44. The lowest BCUT2D eigenvalue weighted by Gasteiger charge is -2.10. The van der Waals surface area contributed by atoms with E-state index in [9.17, 15) is 5.11 Å². The third-order valence-electron chi connectivity index (χ3n) is 2.60. The van der Waals surface area contributed by atoms with E-state index in [-0.39, 0.29) is 0 Å². The van der Waals surface area contributed by atoms with Gasteiger partial charge in [-0.25, -0.2) is 0 Å². The molecule has 2 aromatic rings.